The van der Waals surface area contributed by atoms with Gasteiger partial charge in [-0.3, -0.25) is 9.59 Å². The maximum absolute atomic E-state index is 12.1. The van der Waals surface area contributed by atoms with E-state index in [0.29, 0.717) is 25.5 Å². The Bertz CT molecular complexity index is 336. The fourth-order valence-electron chi connectivity index (χ4n) is 1.99. The number of carbonyl (C=O) groups excluding carboxylic acids is 2. The molecule has 0 bridgehead atoms. The molecule has 0 heterocycles. The van der Waals surface area contributed by atoms with Crippen molar-refractivity contribution in [3.8, 4) is 0 Å². The minimum atomic E-state index is -0.366. The Labute approximate surface area is 108 Å². The topological polar surface area (TPSA) is 46.6 Å². The first-order valence-corrected chi connectivity index (χ1v) is 6.38. The Hall–Kier alpha value is -1.58. The van der Waals surface area contributed by atoms with E-state index in [4.69, 9.17) is 4.74 Å². The zero-order valence-electron chi connectivity index (χ0n) is 10.9. The highest BCUT2D eigenvalue weighted by molar-refractivity contribution is 5.82. The van der Waals surface area contributed by atoms with Crippen LogP contribution in [0.3, 0.4) is 0 Å². The van der Waals surface area contributed by atoms with E-state index in [1.54, 1.807) is 13.0 Å². The lowest BCUT2D eigenvalue weighted by molar-refractivity contribution is -0.148. The van der Waals surface area contributed by atoms with E-state index in [1.165, 1.54) is 4.90 Å². The molecule has 0 aromatic rings. The molecule has 1 aliphatic carbocycles. The molecule has 1 aliphatic rings. The second-order valence-electron chi connectivity index (χ2n) is 4.34. The summed E-state index contributed by atoms with van der Waals surface area (Å²) >= 11 is 0. The zero-order chi connectivity index (χ0) is 13.4. The molecule has 1 unspecified atom stereocenters. The summed E-state index contributed by atoms with van der Waals surface area (Å²) < 4.78 is 4.86. The van der Waals surface area contributed by atoms with Crippen molar-refractivity contribution in [2.45, 2.75) is 26.2 Å². The van der Waals surface area contributed by atoms with Crippen molar-refractivity contribution in [2.75, 3.05) is 19.7 Å². The van der Waals surface area contributed by atoms with E-state index >= 15 is 0 Å². The maximum atomic E-state index is 12.1. The molecule has 0 aromatic carbocycles. The predicted molar refractivity (Wildman–Crippen MR) is 69.9 cm³/mol. The summed E-state index contributed by atoms with van der Waals surface area (Å²) in [7, 11) is 0. The van der Waals surface area contributed by atoms with E-state index in [2.05, 4.69) is 18.7 Å². The fourth-order valence-corrected chi connectivity index (χ4v) is 1.99. The van der Waals surface area contributed by atoms with Crippen LogP contribution in [0.15, 0.2) is 24.8 Å². The zero-order valence-corrected chi connectivity index (χ0v) is 10.9. The van der Waals surface area contributed by atoms with Gasteiger partial charge in [0.2, 0.25) is 5.91 Å². The highest BCUT2D eigenvalue weighted by Gasteiger charge is 2.20. The first-order chi connectivity index (χ1) is 8.67. The molecule has 0 fully saturated rings. The van der Waals surface area contributed by atoms with Crippen molar-refractivity contribution in [3.05, 3.63) is 24.8 Å². The lowest BCUT2D eigenvalue weighted by Crippen LogP contribution is -2.37. The van der Waals surface area contributed by atoms with Gasteiger partial charge in [-0.25, -0.2) is 0 Å². The molecule has 0 radical (unpaired) electrons. The van der Waals surface area contributed by atoms with Gasteiger partial charge in [0.05, 0.1) is 6.61 Å². The maximum Gasteiger partial charge on any atom is 0.325 e. The van der Waals surface area contributed by atoms with Crippen LogP contribution in [0, 0.1) is 5.92 Å². The van der Waals surface area contributed by atoms with Gasteiger partial charge >= 0.3 is 5.97 Å². The Morgan fingerprint density at radius 2 is 2.33 bits per heavy atom. The third kappa shape index (κ3) is 4.73. The van der Waals surface area contributed by atoms with Crippen LogP contribution in [0.25, 0.3) is 0 Å². The van der Waals surface area contributed by atoms with Crippen molar-refractivity contribution in [1.29, 1.82) is 0 Å². The molecule has 0 spiro atoms. The van der Waals surface area contributed by atoms with Gasteiger partial charge in [0, 0.05) is 13.0 Å². The average molecular weight is 251 g/mol. The molecule has 18 heavy (non-hydrogen) atoms. The molecule has 0 saturated carbocycles. The quantitative estimate of drug-likeness (QED) is 0.513. The highest BCUT2D eigenvalue weighted by atomic mass is 16.5. The van der Waals surface area contributed by atoms with Gasteiger partial charge in [-0.1, -0.05) is 18.2 Å². The standard InChI is InChI=1S/C14H21NO3/c1-3-9-15(11-14(17)18-4-2)13(16)10-12-7-5-6-8-12/h3,5,7,12H,1,4,6,8-11H2,2H3. The lowest BCUT2D eigenvalue weighted by atomic mass is 10.0. The number of amides is 1. The van der Waals surface area contributed by atoms with Crippen LogP contribution in [-0.2, 0) is 14.3 Å². The first kappa shape index (κ1) is 14.5. The molecule has 1 amide bonds. The van der Waals surface area contributed by atoms with E-state index in [1.807, 2.05) is 0 Å². The molecule has 1 rings (SSSR count). The fraction of sp³-hybridized carbons (Fsp3) is 0.571. The summed E-state index contributed by atoms with van der Waals surface area (Å²) in [5, 5.41) is 0. The Morgan fingerprint density at radius 1 is 1.56 bits per heavy atom. The largest absolute Gasteiger partial charge is 0.465 e. The normalized spacial score (nSPS) is 17.5. The molecule has 4 heteroatoms. The Morgan fingerprint density at radius 3 is 2.89 bits per heavy atom. The minimum absolute atomic E-state index is 0.00906. The SMILES string of the molecule is C=CCN(CC(=O)OCC)C(=O)CC1C=CCC1. The number of carbonyl (C=O) groups is 2. The number of hydrogen-bond donors (Lipinski definition) is 0. The number of rotatable bonds is 7. The van der Waals surface area contributed by atoms with Crippen LogP contribution in [-0.4, -0.2) is 36.5 Å². The van der Waals surface area contributed by atoms with Crippen LogP contribution in [0.4, 0.5) is 0 Å². The molecule has 0 aliphatic heterocycles. The van der Waals surface area contributed by atoms with Crippen LogP contribution >= 0.6 is 0 Å². The summed E-state index contributed by atoms with van der Waals surface area (Å²) in [6.07, 6.45) is 8.32. The van der Waals surface area contributed by atoms with Crippen molar-refractivity contribution >= 4 is 11.9 Å². The van der Waals surface area contributed by atoms with Gasteiger partial charge in [0.1, 0.15) is 6.54 Å². The van der Waals surface area contributed by atoms with Gasteiger partial charge in [-0.2, -0.15) is 0 Å². The second-order valence-corrected chi connectivity index (χ2v) is 4.34. The molecule has 0 N–H and O–H groups in total. The molecular weight excluding hydrogens is 230 g/mol. The number of nitrogens with zero attached hydrogens (tertiary/aromatic N) is 1. The summed E-state index contributed by atoms with van der Waals surface area (Å²) in [4.78, 5) is 25.0. The summed E-state index contributed by atoms with van der Waals surface area (Å²) in [6.45, 7) is 6.08. The monoisotopic (exact) mass is 251 g/mol. The van der Waals surface area contributed by atoms with E-state index in [9.17, 15) is 9.59 Å². The van der Waals surface area contributed by atoms with Crippen LogP contribution < -0.4 is 0 Å². The number of hydrogen-bond acceptors (Lipinski definition) is 3. The van der Waals surface area contributed by atoms with E-state index in [0.717, 1.165) is 12.8 Å². The lowest BCUT2D eigenvalue weighted by Gasteiger charge is -2.21. The molecule has 0 aromatic heterocycles. The predicted octanol–water partition coefficient (Wildman–Crippen LogP) is 1.92. The molecule has 4 nitrogen and oxygen atoms in total. The van der Waals surface area contributed by atoms with Crippen LogP contribution in [0.1, 0.15) is 26.2 Å². The summed E-state index contributed by atoms with van der Waals surface area (Å²) in [6, 6.07) is 0. The van der Waals surface area contributed by atoms with Gasteiger partial charge in [0.25, 0.3) is 0 Å². The van der Waals surface area contributed by atoms with Gasteiger partial charge < -0.3 is 9.64 Å². The smallest absolute Gasteiger partial charge is 0.325 e. The Kier molecular flexibility index (Phi) is 6.19. The average Bonchev–Trinajstić information content (AvgIpc) is 2.81. The van der Waals surface area contributed by atoms with Crippen LogP contribution in [0.2, 0.25) is 0 Å². The van der Waals surface area contributed by atoms with E-state index < -0.39 is 0 Å². The van der Waals surface area contributed by atoms with Crippen LogP contribution in [0.5, 0.6) is 0 Å². The van der Waals surface area contributed by atoms with Gasteiger partial charge in [-0.15, -0.1) is 6.58 Å². The summed E-state index contributed by atoms with van der Waals surface area (Å²) in [5.41, 5.74) is 0. The third-order valence-electron chi connectivity index (χ3n) is 2.88. The van der Waals surface area contributed by atoms with Gasteiger partial charge in [-0.05, 0) is 25.7 Å². The van der Waals surface area contributed by atoms with Crippen molar-refractivity contribution < 1.29 is 14.3 Å². The molecule has 1 atom stereocenters. The molecular formula is C14H21NO3. The number of allylic oxidation sites excluding steroid dienone is 2. The first-order valence-electron chi connectivity index (χ1n) is 6.38. The third-order valence-corrected chi connectivity index (χ3v) is 2.88. The summed E-state index contributed by atoms with van der Waals surface area (Å²) in [5.74, 6) is -0.0684. The van der Waals surface area contributed by atoms with Crippen molar-refractivity contribution in [3.63, 3.8) is 0 Å². The number of ether oxygens (including phenoxy) is 1. The molecule has 100 valence electrons. The van der Waals surface area contributed by atoms with E-state index in [-0.39, 0.29) is 18.4 Å². The van der Waals surface area contributed by atoms with Crippen molar-refractivity contribution in [1.82, 2.24) is 4.90 Å². The minimum Gasteiger partial charge on any atom is -0.465 e. The second kappa shape index (κ2) is 7.69. The molecule has 0 saturated heterocycles. The Balaban J connectivity index is 2.48. The number of esters is 1. The highest BCUT2D eigenvalue weighted by Crippen LogP contribution is 2.21. The van der Waals surface area contributed by atoms with Crippen molar-refractivity contribution in [2.24, 2.45) is 5.92 Å². The van der Waals surface area contributed by atoms with Gasteiger partial charge in [0.15, 0.2) is 0 Å².